The second-order valence-corrected chi connectivity index (χ2v) is 3.25. The van der Waals surface area contributed by atoms with Crippen molar-refractivity contribution in [3.63, 3.8) is 0 Å². The van der Waals surface area contributed by atoms with Crippen LogP contribution < -0.4 is 5.73 Å². The maximum Gasteiger partial charge on any atom is 0.272 e. The Hall–Kier alpha value is -1.13. The summed E-state index contributed by atoms with van der Waals surface area (Å²) < 4.78 is 0. The molecule has 4 nitrogen and oxygen atoms in total. The Bertz CT molecular complexity index is 368. The molecule has 76 valence electrons. The number of hydrogen-bond acceptors (Lipinski definition) is 3. The number of fused-ring (bicyclic) bond motifs is 1. The largest absolute Gasteiger partial charge is 0.324 e. The molecule has 0 heterocycles. The fraction of sp³-hybridized carbons (Fsp3) is 0.333. The molecule has 1 aromatic carbocycles. The van der Waals surface area contributed by atoms with Gasteiger partial charge in [-0.15, -0.1) is 12.4 Å². The van der Waals surface area contributed by atoms with E-state index in [4.69, 9.17) is 5.73 Å². The number of benzene rings is 1. The fourth-order valence-corrected chi connectivity index (χ4v) is 1.84. The molecule has 5 heteroatoms. The van der Waals surface area contributed by atoms with Crippen LogP contribution in [0.4, 0.5) is 5.69 Å². The number of nitro benzene ring substituents is 1. The van der Waals surface area contributed by atoms with Gasteiger partial charge in [-0.1, -0.05) is 12.1 Å². The average Bonchev–Trinajstić information content (AvgIpc) is 2.48. The lowest BCUT2D eigenvalue weighted by Gasteiger charge is -2.03. The third kappa shape index (κ3) is 1.58. The topological polar surface area (TPSA) is 69.2 Å². The SMILES string of the molecule is Cl.N[C@H]1CCc2c1cccc2[N+](=O)[O-]. The summed E-state index contributed by atoms with van der Waals surface area (Å²) in [6.07, 6.45) is 1.55. The van der Waals surface area contributed by atoms with E-state index in [9.17, 15) is 10.1 Å². The second-order valence-electron chi connectivity index (χ2n) is 3.25. The third-order valence-corrected chi connectivity index (χ3v) is 2.49. The maximum absolute atomic E-state index is 10.6. The van der Waals surface area contributed by atoms with Gasteiger partial charge < -0.3 is 5.73 Å². The van der Waals surface area contributed by atoms with Gasteiger partial charge in [-0.25, -0.2) is 0 Å². The van der Waals surface area contributed by atoms with E-state index >= 15 is 0 Å². The van der Waals surface area contributed by atoms with Gasteiger partial charge in [-0.05, 0) is 18.4 Å². The Morgan fingerprint density at radius 3 is 2.86 bits per heavy atom. The predicted octanol–water partition coefficient (Wildman–Crippen LogP) is 1.96. The van der Waals surface area contributed by atoms with Crippen LogP contribution in [0.2, 0.25) is 0 Å². The van der Waals surface area contributed by atoms with Gasteiger partial charge in [0.25, 0.3) is 5.69 Å². The molecule has 2 rings (SSSR count). The van der Waals surface area contributed by atoms with Crippen LogP contribution >= 0.6 is 12.4 Å². The number of hydrogen-bond donors (Lipinski definition) is 1. The van der Waals surface area contributed by atoms with E-state index in [0.717, 1.165) is 24.0 Å². The highest BCUT2D eigenvalue weighted by Gasteiger charge is 2.25. The molecular formula is C9H11ClN2O2. The molecule has 0 aliphatic heterocycles. The van der Waals surface area contributed by atoms with Gasteiger partial charge in [0.2, 0.25) is 0 Å². The molecule has 0 aromatic heterocycles. The average molecular weight is 215 g/mol. The first-order valence-electron chi connectivity index (χ1n) is 4.22. The molecule has 0 saturated heterocycles. The number of nitrogens with zero attached hydrogens (tertiary/aromatic N) is 1. The van der Waals surface area contributed by atoms with E-state index in [0.29, 0.717) is 0 Å². The Labute approximate surface area is 87.7 Å². The van der Waals surface area contributed by atoms with Crippen molar-refractivity contribution in [2.75, 3.05) is 0 Å². The van der Waals surface area contributed by atoms with Gasteiger partial charge in [0, 0.05) is 17.7 Å². The molecule has 14 heavy (non-hydrogen) atoms. The third-order valence-electron chi connectivity index (χ3n) is 2.49. The highest BCUT2D eigenvalue weighted by Crippen LogP contribution is 2.34. The van der Waals surface area contributed by atoms with Crippen molar-refractivity contribution in [2.45, 2.75) is 18.9 Å². The minimum Gasteiger partial charge on any atom is -0.324 e. The molecular weight excluding hydrogens is 204 g/mol. The Kier molecular flexibility index (Phi) is 3.08. The standard InChI is InChI=1S/C9H10N2O2.ClH/c10-8-5-4-7-6(8)2-1-3-9(7)11(12)13;/h1-3,8H,4-5,10H2;1H/t8-;/m0./s1. The smallest absolute Gasteiger partial charge is 0.272 e. The summed E-state index contributed by atoms with van der Waals surface area (Å²) in [5.41, 5.74) is 7.76. The van der Waals surface area contributed by atoms with Crippen molar-refractivity contribution in [3.8, 4) is 0 Å². The minimum absolute atomic E-state index is 0. The lowest BCUT2D eigenvalue weighted by molar-refractivity contribution is -0.385. The van der Waals surface area contributed by atoms with Crippen LogP contribution in [-0.2, 0) is 6.42 Å². The summed E-state index contributed by atoms with van der Waals surface area (Å²) in [5.74, 6) is 0. The van der Waals surface area contributed by atoms with E-state index in [1.54, 1.807) is 6.07 Å². The van der Waals surface area contributed by atoms with E-state index in [1.165, 1.54) is 6.07 Å². The zero-order chi connectivity index (χ0) is 9.42. The Morgan fingerprint density at radius 2 is 2.21 bits per heavy atom. The van der Waals surface area contributed by atoms with Gasteiger partial charge in [-0.2, -0.15) is 0 Å². The molecule has 0 bridgehead atoms. The van der Waals surface area contributed by atoms with Crippen molar-refractivity contribution >= 4 is 18.1 Å². The first kappa shape index (κ1) is 10.9. The van der Waals surface area contributed by atoms with Crippen LogP contribution in [0.15, 0.2) is 18.2 Å². The summed E-state index contributed by atoms with van der Waals surface area (Å²) in [6.45, 7) is 0. The zero-order valence-corrected chi connectivity index (χ0v) is 8.29. The fourth-order valence-electron chi connectivity index (χ4n) is 1.84. The minimum atomic E-state index is -0.336. The van der Waals surface area contributed by atoms with Crippen LogP contribution in [0, 0.1) is 10.1 Å². The van der Waals surface area contributed by atoms with Crippen molar-refractivity contribution in [2.24, 2.45) is 5.73 Å². The summed E-state index contributed by atoms with van der Waals surface area (Å²) in [7, 11) is 0. The molecule has 0 unspecified atom stereocenters. The van der Waals surface area contributed by atoms with Crippen molar-refractivity contribution < 1.29 is 4.92 Å². The van der Waals surface area contributed by atoms with E-state index in [1.807, 2.05) is 6.07 Å². The van der Waals surface area contributed by atoms with E-state index in [2.05, 4.69) is 0 Å². The molecule has 2 N–H and O–H groups in total. The van der Waals surface area contributed by atoms with Crippen LogP contribution in [0.1, 0.15) is 23.6 Å². The van der Waals surface area contributed by atoms with Crippen molar-refractivity contribution in [1.29, 1.82) is 0 Å². The Morgan fingerprint density at radius 1 is 1.50 bits per heavy atom. The summed E-state index contributed by atoms with van der Waals surface area (Å²) >= 11 is 0. The normalized spacial score (nSPS) is 18.5. The van der Waals surface area contributed by atoms with Gasteiger partial charge in [-0.3, -0.25) is 10.1 Å². The predicted molar refractivity (Wildman–Crippen MR) is 55.6 cm³/mol. The summed E-state index contributed by atoms with van der Waals surface area (Å²) in [5, 5.41) is 10.6. The number of nitrogens with two attached hydrogens (primary N) is 1. The van der Waals surface area contributed by atoms with Gasteiger partial charge in [0.1, 0.15) is 0 Å². The quantitative estimate of drug-likeness (QED) is 0.574. The lowest BCUT2D eigenvalue weighted by atomic mass is 10.1. The second kappa shape index (κ2) is 3.94. The number of halogens is 1. The molecule has 0 amide bonds. The molecule has 1 aliphatic rings. The van der Waals surface area contributed by atoms with Crippen LogP contribution in [0.25, 0.3) is 0 Å². The monoisotopic (exact) mass is 214 g/mol. The molecule has 1 aliphatic carbocycles. The van der Waals surface area contributed by atoms with Crippen molar-refractivity contribution in [3.05, 3.63) is 39.4 Å². The summed E-state index contributed by atoms with van der Waals surface area (Å²) in [4.78, 5) is 10.3. The lowest BCUT2D eigenvalue weighted by Crippen LogP contribution is -2.05. The van der Waals surface area contributed by atoms with Crippen LogP contribution in [0.5, 0.6) is 0 Å². The van der Waals surface area contributed by atoms with Crippen molar-refractivity contribution in [1.82, 2.24) is 0 Å². The molecule has 0 saturated carbocycles. The number of rotatable bonds is 1. The summed E-state index contributed by atoms with van der Waals surface area (Å²) in [6, 6.07) is 5.09. The van der Waals surface area contributed by atoms with E-state index < -0.39 is 0 Å². The molecule has 0 spiro atoms. The van der Waals surface area contributed by atoms with Gasteiger partial charge in [0.05, 0.1) is 4.92 Å². The number of nitro groups is 1. The maximum atomic E-state index is 10.6. The van der Waals surface area contributed by atoms with Gasteiger partial charge in [0.15, 0.2) is 0 Å². The molecule has 1 aromatic rings. The van der Waals surface area contributed by atoms with Crippen LogP contribution in [-0.4, -0.2) is 4.92 Å². The molecule has 0 fully saturated rings. The Balaban J connectivity index is 0.000000980. The zero-order valence-electron chi connectivity index (χ0n) is 7.47. The first-order valence-corrected chi connectivity index (χ1v) is 4.22. The highest BCUT2D eigenvalue weighted by molar-refractivity contribution is 5.85. The first-order chi connectivity index (χ1) is 6.20. The van der Waals surface area contributed by atoms with Crippen LogP contribution in [0.3, 0.4) is 0 Å². The van der Waals surface area contributed by atoms with E-state index in [-0.39, 0.29) is 29.1 Å². The van der Waals surface area contributed by atoms with Gasteiger partial charge >= 0.3 is 0 Å². The molecule has 1 atom stereocenters. The highest BCUT2D eigenvalue weighted by atomic mass is 35.5. The molecule has 0 radical (unpaired) electrons.